The van der Waals surface area contributed by atoms with Crippen molar-refractivity contribution in [3.05, 3.63) is 53.7 Å². The highest BCUT2D eigenvalue weighted by molar-refractivity contribution is 5.93. The fraction of sp³-hybridized carbons (Fsp3) is 0.200. The van der Waals surface area contributed by atoms with Crippen LogP contribution in [0.1, 0.15) is 34.7 Å². The van der Waals surface area contributed by atoms with Gasteiger partial charge >= 0.3 is 0 Å². The highest BCUT2D eigenvalue weighted by atomic mass is 16.1. The minimum Gasteiger partial charge on any atom is -0.366 e. The van der Waals surface area contributed by atoms with Gasteiger partial charge in [-0.2, -0.15) is 0 Å². The zero-order valence-electron chi connectivity index (χ0n) is 9.97. The molecule has 3 heteroatoms. The fourth-order valence-corrected chi connectivity index (χ4v) is 2.04. The number of aromatic nitrogens is 1. The fourth-order valence-electron chi connectivity index (χ4n) is 2.04. The summed E-state index contributed by atoms with van der Waals surface area (Å²) in [5.41, 5.74) is 8.98. The van der Waals surface area contributed by atoms with Gasteiger partial charge in [-0.25, -0.2) is 0 Å². The van der Waals surface area contributed by atoms with Crippen molar-refractivity contribution < 1.29 is 4.79 Å². The van der Waals surface area contributed by atoms with E-state index in [1.54, 1.807) is 12.1 Å². The minimum absolute atomic E-state index is 0.404. The summed E-state index contributed by atoms with van der Waals surface area (Å²) in [6.45, 7) is 0. The van der Waals surface area contributed by atoms with Gasteiger partial charge in [0, 0.05) is 17.3 Å². The summed E-state index contributed by atoms with van der Waals surface area (Å²) in [5, 5.41) is 0. The van der Waals surface area contributed by atoms with Gasteiger partial charge in [-0.15, -0.1) is 0 Å². The van der Waals surface area contributed by atoms with Crippen LogP contribution in [0.3, 0.4) is 0 Å². The summed E-state index contributed by atoms with van der Waals surface area (Å²) in [6.07, 6.45) is 4.53. The number of carbonyl (C=O) groups is 1. The molecule has 2 N–H and O–H groups in total. The van der Waals surface area contributed by atoms with Gasteiger partial charge in [-0.05, 0) is 42.5 Å². The Kier molecular flexibility index (Phi) is 2.59. The number of primary amides is 1. The molecule has 0 spiro atoms. The number of nitrogens with two attached hydrogens (primary N) is 1. The quantitative estimate of drug-likeness (QED) is 0.893. The van der Waals surface area contributed by atoms with E-state index < -0.39 is 5.91 Å². The van der Waals surface area contributed by atoms with Gasteiger partial charge in [0.1, 0.15) is 0 Å². The molecule has 3 nitrogen and oxygen atoms in total. The molecule has 0 aliphatic heterocycles. The Balaban J connectivity index is 1.86. The van der Waals surface area contributed by atoms with Gasteiger partial charge in [-0.3, -0.25) is 9.78 Å². The molecule has 1 aromatic heterocycles. The van der Waals surface area contributed by atoms with E-state index in [9.17, 15) is 4.79 Å². The SMILES string of the molecule is NC(=O)c1ccc(-c2ccc(C3CC3)cn2)cc1. The molecule has 0 unspecified atom stereocenters. The number of benzene rings is 1. The van der Waals surface area contributed by atoms with Gasteiger partial charge in [0.25, 0.3) is 0 Å². The second-order valence-electron chi connectivity index (χ2n) is 4.69. The second-order valence-corrected chi connectivity index (χ2v) is 4.69. The molecule has 3 rings (SSSR count). The lowest BCUT2D eigenvalue weighted by molar-refractivity contribution is 0.100. The number of rotatable bonds is 3. The Bertz CT molecular complexity index is 568. The first-order chi connectivity index (χ1) is 8.74. The zero-order valence-corrected chi connectivity index (χ0v) is 9.97. The molecule has 1 aliphatic rings. The molecule has 18 heavy (non-hydrogen) atoms. The smallest absolute Gasteiger partial charge is 0.248 e. The minimum atomic E-state index is -0.404. The predicted octanol–water partition coefficient (Wildman–Crippen LogP) is 2.72. The highest BCUT2D eigenvalue weighted by Crippen LogP contribution is 2.39. The number of nitrogens with zero attached hydrogens (tertiary/aromatic N) is 1. The van der Waals surface area contributed by atoms with Crippen LogP contribution in [0.25, 0.3) is 11.3 Å². The number of amides is 1. The first-order valence-corrected chi connectivity index (χ1v) is 6.10. The lowest BCUT2D eigenvalue weighted by Crippen LogP contribution is -2.10. The average Bonchev–Trinajstić information content (AvgIpc) is 3.23. The average molecular weight is 238 g/mol. The lowest BCUT2D eigenvalue weighted by Gasteiger charge is -2.03. The largest absolute Gasteiger partial charge is 0.366 e. The van der Waals surface area contributed by atoms with Crippen molar-refractivity contribution in [3.63, 3.8) is 0 Å². The summed E-state index contributed by atoms with van der Waals surface area (Å²) in [4.78, 5) is 15.5. The molecule has 0 bridgehead atoms. The maximum Gasteiger partial charge on any atom is 0.248 e. The van der Waals surface area contributed by atoms with E-state index in [1.165, 1.54) is 18.4 Å². The van der Waals surface area contributed by atoms with Gasteiger partial charge in [0.2, 0.25) is 5.91 Å². The normalized spacial score (nSPS) is 14.4. The Morgan fingerprint density at radius 3 is 2.33 bits per heavy atom. The van der Waals surface area contributed by atoms with Gasteiger partial charge < -0.3 is 5.73 Å². The molecule has 0 saturated heterocycles. The van der Waals surface area contributed by atoms with Crippen LogP contribution in [0.2, 0.25) is 0 Å². The third-order valence-electron chi connectivity index (χ3n) is 3.30. The molecule has 1 aliphatic carbocycles. The second kappa shape index (κ2) is 4.26. The van der Waals surface area contributed by atoms with Gasteiger partial charge in [0.15, 0.2) is 0 Å². The van der Waals surface area contributed by atoms with Crippen LogP contribution in [0.15, 0.2) is 42.6 Å². The molecule has 90 valence electrons. The standard InChI is InChI=1S/C15H14N2O/c16-15(18)12-5-3-11(4-6-12)14-8-7-13(9-17-14)10-1-2-10/h3-10H,1-2H2,(H2,16,18). The molecular formula is C15H14N2O. The molecule has 0 atom stereocenters. The van der Waals surface area contributed by atoms with Gasteiger partial charge in [-0.1, -0.05) is 18.2 Å². The molecule has 0 radical (unpaired) electrons. The highest BCUT2D eigenvalue weighted by Gasteiger charge is 2.23. The summed E-state index contributed by atoms with van der Waals surface area (Å²) in [6, 6.07) is 11.4. The van der Waals surface area contributed by atoms with Crippen molar-refractivity contribution in [1.82, 2.24) is 4.98 Å². The zero-order chi connectivity index (χ0) is 12.5. The molecule has 1 fully saturated rings. The third kappa shape index (κ3) is 2.12. The van der Waals surface area contributed by atoms with Crippen molar-refractivity contribution in [2.75, 3.05) is 0 Å². The van der Waals surface area contributed by atoms with Gasteiger partial charge in [0.05, 0.1) is 5.69 Å². The van der Waals surface area contributed by atoms with Crippen molar-refractivity contribution in [2.45, 2.75) is 18.8 Å². The third-order valence-corrected chi connectivity index (χ3v) is 3.30. The van der Waals surface area contributed by atoms with Crippen LogP contribution in [0.5, 0.6) is 0 Å². The molecule has 1 heterocycles. The predicted molar refractivity (Wildman–Crippen MR) is 70.2 cm³/mol. The van der Waals surface area contributed by atoms with Crippen LogP contribution in [0.4, 0.5) is 0 Å². The molecule has 1 amide bonds. The lowest BCUT2D eigenvalue weighted by atomic mass is 10.1. The van der Waals surface area contributed by atoms with E-state index >= 15 is 0 Å². The van der Waals surface area contributed by atoms with Crippen molar-refractivity contribution >= 4 is 5.91 Å². The maximum atomic E-state index is 11.0. The first-order valence-electron chi connectivity index (χ1n) is 6.10. The van der Waals surface area contributed by atoms with E-state index in [0.29, 0.717) is 5.56 Å². The summed E-state index contributed by atoms with van der Waals surface area (Å²) in [7, 11) is 0. The first kappa shape index (κ1) is 11.0. The van der Waals surface area contributed by atoms with Crippen LogP contribution >= 0.6 is 0 Å². The van der Waals surface area contributed by atoms with Crippen molar-refractivity contribution in [3.8, 4) is 11.3 Å². The molecule has 1 saturated carbocycles. The monoisotopic (exact) mass is 238 g/mol. The Morgan fingerprint density at radius 2 is 1.83 bits per heavy atom. The summed E-state index contributed by atoms with van der Waals surface area (Å²) < 4.78 is 0. The summed E-state index contributed by atoms with van der Waals surface area (Å²) >= 11 is 0. The Labute approximate surface area is 106 Å². The molecule has 1 aromatic carbocycles. The van der Waals surface area contributed by atoms with Crippen molar-refractivity contribution in [2.24, 2.45) is 5.73 Å². The van der Waals surface area contributed by atoms with Crippen LogP contribution in [-0.2, 0) is 0 Å². The Hall–Kier alpha value is -2.16. The topological polar surface area (TPSA) is 56.0 Å². The number of pyridine rings is 1. The van der Waals surface area contributed by atoms with Crippen LogP contribution in [0, 0.1) is 0 Å². The van der Waals surface area contributed by atoms with E-state index in [1.807, 2.05) is 24.4 Å². The van der Waals surface area contributed by atoms with Crippen molar-refractivity contribution in [1.29, 1.82) is 0 Å². The van der Waals surface area contributed by atoms with E-state index in [4.69, 9.17) is 5.73 Å². The molecular weight excluding hydrogens is 224 g/mol. The van der Waals surface area contributed by atoms with Crippen LogP contribution < -0.4 is 5.73 Å². The number of hydrogen-bond acceptors (Lipinski definition) is 2. The maximum absolute atomic E-state index is 11.0. The van der Waals surface area contributed by atoms with E-state index in [-0.39, 0.29) is 0 Å². The van der Waals surface area contributed by atoms with E-state index in [0.717, 1.165) is 17.2 Å². The number of carbonyl (C=O) groups excluding carboxylic acids is 1. The van der Waals surface area contributed by atoms with E-state index in [2.05, 4.69) is 11.1 Å². The van der Waals surface area contributed by atoms with Crippen LogP contribution in [-0.4, -0.2) is 10.9 Å². The summed E-state index contributed by atoms with van der Waals surface area (Å²) in [5.74, 6) is 0.322. The number of hydrogen-bond donors (Lipinski definition) is 1. The Morgan fingerprint density at radius 1 is 1.11 bits per heavy atom. The molecule has 2 aromatic rings.